The van der Waals surface area contributed by atoms with Gasteiger partial charge in [-0.15, -0.1) is 6.58 Å². The van der Waals surface area contributed by atoms with E-state index in [1.165, 1.54) is 12.8 Å². The maximum Gasteiger partial charge on any atom is 0.107 e. The molecule has 1 saturated heterocycles. The number of epoxide rings is 1. The molecule has 2 atom stereocenters. The van der Waals surface area contributed by atoms with Gasteiger partial charge < -0.3 is 9.84 Å². The minimum absolute atomic E-state index is 0.152. The van der Waals surface area contributed by atoms with Crippen molar-refractivity contribution < 1.29 is 9.84 Å². The molecule has 1 aliphatic rings. The highest BCUT2D eigenvalue weighted by Gasteiger charge is 2.36. The second kappa shape index (κ2) is 4.52. The van der Waals surface area contributed by atoms with Crippen molar-refractivity contribution in [3.05, 3.63) is 12.7 Å². The first-order valence-corrected chi connectivity index (χ1v) is 4.25. The molecular weight excluding hydrogens is 140 g/mol. The molecule has 0 aromatic heterocycles. The van der Waals surface area contributed by atoms with Crippen LogP contribution in [0.15, 0.2) is 12.7 Å². The molecule has 0 aromatic carbocycles. The summed E-state index contributed by atoms with van der Waals surface area (Å²) in [4.78, 5) is 0. The summed E-state index contributed by atoms with van der Waals surface area (Å²) in [6, 6.07) is 0. The quantitative estimate of drug-likeness (QED) is 0.359. The van der Waals surface area contributed by atoms with E-state index in [9.17, 15) is 0 Å². The minimum atomic E-state index is 0.152. The summed E-state index contributed by atoms with van der Waals surface area (Å²) in [5, 5.41) is 8.64. The normalized spacial score (nSPS) is 28.5. The molecule has 2 nitrogen and oxygen atoms in total. The number of aliphatic hydroxyl groups is 1. The third-order valence-electron chi connectivity index (χ3n) is 2.01. The molecule has 1 N–H and O–H groups in total. The monoisotopic (exact) mass is 156 g/mol. The Morgan fingerprint density at radius 2 is 2.18 bits per heavy atom. The molecule has 64 valence electrons. The van der Waals surface area contributed by atoms with Crippen LogP contribution in [0.1, 0.15) is 25.7 Å². The van der Waals surface area contributed by atoms with Crippen LogP contribution in [0.2, 0.25) is 0 Å². The number of unbranched alkanes of at least 4 members (excludes halogenated alkanes) is 2. The van der Waals surface area contributed by atoms with E-state index >= 15 is 0 Å². The highest BCUT2D eigenvalue weighted by atomic mass is 16.6. The number of aliphatic hydroxyl groups excluding tert-OH is 1. The van der Waals surface area contributed by atoms with Crippen LogP contribution in [0, 0.1) is 0 Å². The van der Waals surface area contributed by atoms with Crippen molar-refractivity contribution >= 4 is 0 Å². The molecule has 1 fully saturated rings. The Bertz CT molecular complexity index is 123. The van der Waals surface area contributed by atoms with E-state index in [-0.39, 0.29) is 12.7 Å². The average molecular weight is 156 g/mol. The summed E-state index contributed by atoms with van der Waals surface area (Å²) >= 11 is 0. The van der Waals surface area contributed by atoms with Crippen LogP contribution in [-0.2, 0) is 4.74 Å². The van der Waals surface area contributed by atoms with Crippen molar-refractivity contribution in [1.29, 1.82) is 0 Å². The van der Waals surface area contributed by atoms with Crippen LogP contribution in [0.4, 0.5) is 0 Å². The lowest BCUT2D eigenvalue weighted by atomic mass is 10.1. The van der Waals surface area contributed by atoms with Gasteiger partial charge in [-0.3, -0.25) is 0 Å². The minimum Gasteiger partial charge on any atom is -0.394 e. The number of allylic oxidation sites excluding steroid dienone is 1. The first-order chi connectivity index (χ1) is 5.38. The summed E-state index contributed by atoms with van der Waals surface area (Å²) < 4.78 is 5.17. The van der Waals surface area contributed by atoms with Gasteiger partial charge in [0.2, 0.25) is 0 Å². The van der Waals surface area contributed by atoms with Gasteiger partial charge >= 0.3 is 0 Å². The van der Waals surface area contributed by atoms with Gasteiger partial charge in [0, 0.05) is 0 Å². The highest BCUT2D eigenvalue weighted by Crippen LogP contribution is 2.26. The fraction of sp³-hybridized carbons (Fsp3) is 0.778. The van der Waals surface area contributed by atoms with Gasteiger partial charge in [0.05, 0.1) is 12.7 Å². The highest BCUT2D eigenvalue weighted by molar-refractivity contribution is 4.83. The molecule has 0 aliphatic carbocycles. The second-order valence-corrected chi connectivity index (χ2v) is 2.97. The number of hydrogen-bond acceptors (Lipinski definition) is 2. The molecule has 11 heavy (non-hydrogen) atoms. The van der Waals surface area contributed by atoms with Crippen molar-refractivity contribution in [2.45, 2.75) is 37.9 Å². The summed E-state index contributed by atoms with van der Waals surface area (Å²) in [7, 11) is 0. The third kappa shape index (κ3) is 3.04. The SMILES string of the molecule is C=CCCCC[C@@H]1O[C@H]1CO. The Hall–Kier alpha value is -0.340. The van der Waals surface area contributed by atoms with Gasteiger partial charge in [0.25, 0.3) is 0 Å². The maximum absolute atomic E-state index is 8.64. The lowest BCUT2D eigenvalue weighted by Gasteiger charge is -1.93. The first-order valence-electron chi connectivity index (χ1n) is 4.25. The fourth-order valence-electron chi connectivity index (χ4n) is 1.23. The largest absolute Gasteiger partial charge is 0.394 e. The second-order valence-electron chi connectivity index (χ2n) is 2.97. The van der Waals surface area contributed by atoms with Crippen LogP contribution >= 0.6 is 0 Å². The number of ether oxygens (including phenoxy) is 1. The Kier molecular flexibility index (Phi) is 3.60. The van der Waals surface area contributed by atoms with Crippen LogP contribution in [0.5, 0.6) is 0 Å². The summed E-state index contributed by atoms with van der Waals surface area (Å²) in [6.07, 6.45) is 7.02. The maximum atomic E-state index is 8.64. The average Bonchev–Trinajstić information content (AvgIpc) is 2.77. The van der Waals surface area contributed by atoms with E-state index in [0.29, 0.717) is 6.10 Å². The zero-order valence-electron chi connectivity index (χ0n) is 6.83. The van der Waals surface area contributed by atoms with Crippen molar-refractivity contribution in [3.63, 3.8) is 0 Å². The summed E-state index contributed by atoms with van der Waals surface area (Å²) in [5.41, 5.74) is 0. The van der Waals surface area contributed by atoms with Crippen LogP contribution in [-0.4, -0.2) is 23.9 Å². The van der Waals surface area contributed by atoms with Crippen molar-refractivity contribution in [1.82, 2.24) is 0 Å². The van der Waals surface area contributed by atoms with E-state index in [4.69, 9.17) is 9.84 Å². The lowest BCUT2D eigenvalue weighted by Crippen LogP contribution is -1.98. The number of hydrogen-bond donors (Lipinski definition) is 1. The fourth-order valence-corrected chi connectivity index (χ4v) is 1.23. The van der Waals surface area contributed by atoms with Crippen molar-refractivity contribution in [2.75, 3.05) is 6.61 Å². The predicted molar refractivity (Wildman–Crippen MR) is 44.4 cm³/mol. The topological polar surface area (TPSA) is 32.8 Å². The number of rotatable bonds is 6. The van der Waals surface area contributed by atoms with Crippen molar-refractivity contribution in [3.8, 4) is 0 Å². The van der Waals surface area contributed by atoms with Gasteiger partial charge in [-0.25, -0.2) is 0 Å². The van der Waals surface area contributed by atoms with Gasteiger partial charge in [-0.1, -0.05) is 12.5 Å². The molecule has 1 aliphatic heterocycles. The molecule has 0 radical (unpaired) electrons. The van der Waals surface area contributed by atoms with Gasteiger partial charge in [0.1, 0.15) is 6.10 Å². The van der Waals surface area contributed by atoms with Crippen molar-refractivity contribution in [2.24, 2.45) is 0 Å². The zero-order chi connectivity index (χ0) is 8.10. The third-order valence-corrected chi connectivity index (χ3v) is 2.01. The molecule has 1 rings (SSSR count). The molecule has 0 saturated carbocycles. The predicted octanol–water partition coefficient (Wildman–Crippen LogP) is 1.49. The van der Waals surface area contributed by atoms with E-state index in [2.05, 4.69) is 6.58 Å². The van der Waals surface area contributed by atoms with Crippen LogP contribution in [0.25, 0.3) is 0 Å². The Morgan fingerprint density at radius 3 is 2.73 bits per heavy atom. The van der Waals surface area contributed by atoms with Crippen LogP contribution < -0.4 is 0 Å². The Labute approximate surface area is 67.9 Å². The molecule has 0 unspecified atom stereocenters. The summed E-state index contributed by atoms with van der Waals surface area (Å²) in [6.45, 7) is 3.84. The lowest BCUT2D eigenvalue weighted by molar-refractivity contribution is 0.241. The molecule has 0 spiro atoms. The molecular formula is C9H16O2. The Morgan fingerprint density at radius 1 is 1.36 bits per heavy atom. The van der Waals surface area contributed by atoms with E-state index < -0.39 is 0 Å². The van der Waals surface area contributed by atoms with E-state index in [1.807, 2.05) is 6.08 Å². The van der Waals surface area contributed by atoms with Crippen LogP contribution in [0.3, 0.4) is 0 Å². The molecule has 1 heterocycles. The standard InChI is InChI=1S/C9H16O2/c1-2-3-4-5-6-8-9(7-10)11-8/h2,8-10H,1,3-7H2/t8-,9-/m0/s1. The van der Waals surface area contributed by atoms with Gasteiger partial charge in [0.15, 0.2) is 0 Å². The zero-order valence-corrected chi connectivity index (χ0v) is 6.83. The molecule has 0 bridgehead atoms. The molecule has 0 aromatic rings. The first kappa shape index (κ1) is 8.75. The molecule has 2 heteroatoms. The Balaban J connectivity index is 1.85. The van der Waals surface area contributed by atoms with Gasteiger partial charge in [-0.05, 0) is 19.3 Å². The van der Waals surface area contributed by atoms with E-state index in [1.54, 1.807) is 0 Å². The smallest absolute Gasteiger partial charge is 0.107 e. The molecule has 0 amide bonds. The van der Waals surface area contributed by atoms with E-state index in [0.717, 1.165) is 12.8 Å². The summed E-state index contributed by atoms with van der Waals surface area (Å²) in [5.74, 6) is 0. The van der Waals surface area contributed by atoms with Gasteiger partial charge in [-0.2, -0.15) is 0 Å².